The van der Waals surface area contributed by atoms with Crippen LogP contribution in [0.1, 0.15) is 30.9 Å². The van der Waals surface area contributed by atoms with E-state index in [-0.39, 0.29) is 10.4 Å². The highest BCUT2D eigenvalue weighted by atomic mass is 79.9. The van der Waals surface area contributed by atoms with E-state index in [1.807, 2.05) is 0 Å². The van der Waals surface area contributed by atoms with Crippen LogP contribution in [0.4, 0.5) is 4.39 Å². The van der Waals surface area contributed by atoms with Gasteiger partial charge in [-0.3, -0.25) is 0 Å². The fourth-order valence-electron chi connectivity index (χ4n) is 2.74. The molecule has 0 radical (unpaired) electrons. The van der Waals surface area contributed by atoms with Gasteiger partial charge in [-0.15, -0.1) is 0 Å². The molecule has 0 aromatic heterocycles. The number of nitrogens with zero attached hydrogens (tertiary/aromatic N) is 1. The van der Waals surface area contributed by atoms with Crippen LogP contribution < -0.4 is 0 Å². The summed E-state index contributed by atoms with van der Waals surface area (Å²) < 4.78 is 38.4. The summed E-state index contributed by atoms with van der Waals surface area (Å²) in [5.74, 6) is -0.327. The number of rotatable bonds is 4. The van der Waals surface area contributed by atoms with Gasteiger partial charge in [-0.25, -0.2) is 17.1 Å². The van der Waals surface area contributed by atoms with Gasteiger partial charge in [0.2, 0.25) is 10.0 Å². The Hall–Kier alpha value is -0.500. The van der Waals surface area contributed by atoms with Gasteiger partial charge in [-0.05, 0) is 52.7 Å². The van der Waals surface area contributed by atoms with Gasteiger partial charge in [0.25, 0.3) is 0 Å². The number of aliphatic hydroxyl groups is 1. The number of sulfonamides is 1. The summed E-state index contributed by atoms with van der Waals surface area (Å²) in [7, 11) is -3.19. The van der Waals surface area contributed by atoms with Crippen molar-refractivity contribution in [3.05, 3.63) is 34.1 Å². The molecular weight excluding hydrogens is 361 g/mol. The molecule has 0 aliphatic carbocycles. The lowest BCUT2D eigenvalue weighted by atomic mass is 9.91. The molecule has 7 heteroatoms. The Kier molecular flexibility index (Phi) is 5.40. The van der Waals surface area contributed by atoms with Crippen molar-refractivity contribution >= 4 is 26.0 Å². The number of hydrogen-bond donors (Lipinski definition) is 1. The minimum atomic E-state index is -3.19. The Bertz CT molecular complexity index is 608. The molecule has 0 saturated carbocycles. The predicted octanol–water partition coefficient (Wildman–Crippen LogP) is 2.68. The molecule has 1 saturated heterocycles. The second-order valence-electron chi connectivity index (χ2n) is 5.52. The van der Waals surface area contributed by atoms with Crippen molar-refractivity contribution in [3.8, 4) is 0 Å². The van der Waals surface area contributed by atoms with Crippen LogP contribution in [0.5, 0.6) is 0 Å². The first-order chi connectivity index (χ1) is 9.79. The second-order valence-corrected chi connectivity index (χ2v) is 8.30. The lowest BCUT2D eigenvalue weighted by Crippen LogP contribution is -2.39. The monoisotopic (exact) mass is 379 g/mol. The number of aliphatic hydroxyl groups excluding tert-OH is 1. The first kappa shape index (κ1) is 16.9. The van der Waals surface area contributed by atoms with E-state index in [0.717, 1.165) is 12.8 Å². The number of piperidine rings is 1. The van der Waals surface area contributed by atoms with Crippen LogP contribution >= 0.6 is 15.9 Å². The lowest BCUT2D eigenvalue weighted by Gasteiger charge is -2.32. The van der Waals surface area contributed by atoms with E-state index in [1.54, 1.807) is 12.1 Å². The Morgan fingerprint density at radius 2 is 2.24 bits per heavy atom. The van der Waals surface area contributed by atoms with Gasteiger partial charge >= 0.3 is 0 Å². The Labute approximate surface area is 133 Å². The molecule has 0 amide bonds. The lowest BCUT2D eigenvalue weighted by molar-refractivity contribution is 0.122. The summed E-state index contributed by atoms with van der Waals surface area (Å²) in [5, 5.41) is 10.3. The zero-order valence-electron chi connectivity index (χ0n) is 11.8. The third-order valence-corrected chi connectivity index (χ3v) is 5.95. The van der Waals surface area contributed by atoms with Crippen molar-refractivity contribution in [1.29, 1.82) is 0 Å². The fourth-order valence-corrected chi connectivity index (χ4v) is 4.21. The van der Waals surface area contributed by atoms with Crippen LogP contribution in [0.2, 0.25) is 0 Å². The SMILES string of the molecule is CS(=O)(=O)N1CCCC(CC(O)c2cccc(F)c2Br)C1. The van der Waals surface area contributed by atoms with Crippen LogP contribution in [-0.2, 0) is 10.0 Å². The molecule has 1 aromatic carbocycles. The molecule has 4 nitrogen and oxygen atoms in total. The largest absolute Gasteiger partial charge is 0.388 e. The molecule has 2 atom stereocenters. The van der Waals surface area contributed by atoms with Crippen molar-refractivity contribution in [2.45, 2.75) is 25.4 Å². The van der Waals surface area contributed by atoms with E-state index in [4.69, 9.17) is 0 Å². The highest BCUT2D eigenvalue weighted by molar-refractivity contribution is 9.10. The maximum Gasteiger partial charge on any atom is 0.211 e. The molecule has 0 spiro atoms. The highest BCUT2D eigenvalue weighted by Crippen LogP contribution is 2.32. The predicted molar refractivity (Wildman–Crippen MR) is 82.8 cm³/mol. The summed E-state index contributed by atoms with van der Waals surface area (Å²) in [5.41, 5.74) is 0.506. The molecule has 1 fully saturated rings. The van der Waals surface area contributed by atoms with Gasteiger partial charge in [-0.2, -0.15) is 0 Å². The molecule has 1 aliphatic heterocycles. The van der Waals surface area contributed by atoms with Gasteiger partial charge in [-0.1, -0.05) is 12.1 Å². The molecule has 21 heavy (non-hydrogen) atoms. The van der Waals surface area contributed by atoms with E-state index >= 15 is 0 Å². The molecule has 118 valence electrons. The fraction of sp³-hybridized carbons (Fsp3) is 0.571. The third kappa shape index (κ3) is 4.25. The van der Waals surface area contributed by atoms with Crippen LogP contribution in [-0.4, -0.2) is 37.2 Å². The molecule has 1 N–H and O–H groups in total. The summed E-state index contributed by atoms with van der Waals surface area (Å²) in [6.07, 6.45) is 2.48. The molecular formula is C14H19BrFNO3S. The van der Waals surface area contributed by atoms with Crippen LogP contribution in [0.15, 0.2) is 22.7 Å². The normalized spacial score (nSPS) is 22.2. The first-order valence-electron chi connectivity index (χ1n) is 6.86. The number of halogens is 2. The summed E-state index contributed by atoms with van der Waals surface area (Å²) in [6.45, 7) is 0.956. The topological polar surface area (TPSA) is 57.6 Å². The van der Waals surface area contributed by atoms with Crippen molar-refractivity contribution < 1.29 is 17.9 Å². The Morgan fingerprint density at radius 1 is 1.52 bits per heavy atom. The minimum Gasteiger partial charge on any atom is -0.388 e. The smallest absolute Gasteiger partial charge is 0.211 e. The molecule has 2 rings (SSSR count). The molecule has 2 unspecified atom stereocenters. The number of hydrogen-bond acceptors (Lipinski definition) is 3. The van der Waals surface area contributed by atoms with Gasteiger partial charge in [0.05, 0.1) is 16.8 Å². The van der Waals surface area contributed by atoms with Crippen LogP contribution in [0.3, 0.4) is 0 Å². The van der Waals surface area contributed by atoms with Crippen molar-refractivity contribution in [3.63, 3.8) is 0 Å². The quantitative estimate of drug-likeness (QED) is 0.874. The van der Waals surface area contributed by atoms with E-state index < -0.39 is 21.9 Å². The average Bonchev–Trinajstić information content (AvgIpc) is 2.41. The van der Waals surface area contributed by atoms with Gasteiger partial charge in [0.15, 0.2) is 0 Å². The molecule has 1 aliphatic rings. The van der Waals surface area contributed by atoms with E-state index in [1.165, 1.54) is 16.6 Å². The second kappa shape index (κ2) is 6.73. The molecule has 1 heterocycles. The van der Waals surface area contributed by atoms with Gasteiger partial charge in [0, 0.05) is 13.1 Å². The van der Waals surface area contributed by atoms with Crippen molar-refractivity contribution in [2.24, 2.45) is 5.92 Å². The van der Waals surface area contributed by atoms with Gasteiger partial charge < -0.3 is 5.11 Å². The standard InChI is InChI=1S/C14H19BrFNO3S/c1-21(19,20)17-7-3-4-10(9-17)8-13(18)11-5-2-6-12(16)14(11)15/h2,5-6,10,13,18H,3-4,7-9H2,1H3. The van der Waals surface area contributed by atoms with E-state index in [2.05, 4.69) is 15.9 Å². The maximum atomic E-state index is 13.5. The van der Waals surface area contributed by atoms with Crippen LogP contribution in [0, 0.1) is 11.7 Å². The highest BCUT2D eigenvalue weighted by Gasteiger charge is 2.28. The minimum absolute atomic E-state index is 0.0821. The summed E-state index contributed by atoms with van der Waals surface area (Å²) >= 11 is 3.15. The summed E-state index contributed by atoms with van der Waals surface area (Å²) in [6, 6.07) is 4.56. The Balaban J connectivity index is 2.06. The van der Waals surface area contributed by atoms with Crippen molar-refractivity contribution in [1.82, 2.24) is 4.31 Å². The van der Waals surface area contributed by atoms with Crippen molar-refractivity contribution in [2.75, 3.05) is 19.3 Å². The van der Waals surface area contributed by atoms with Gasteiger partial charge in [0.1, 0.15) is 5.82 Å². The average molecular weight is 380 g/mol. The molecule has 1 aromatic rings. The zero-order valence-corrected chi connectivity index (χ0v) is 14.2. The summed E-state index contributed by atoms with van der Waals surface area (Å²) in [4.78, 5) is 0. The van der Waals surface area contributed by atoms with E-state index in [9.17, 15) is 17.9 Å². The van der Waals surface area contributed by atoms with E-state index in [0.29, 0.717) is 25.1 Å². The third-order valence-electron chi connectivity index (χ3n) is 3.85. The number of benzene rings is 1. The maximum absolute atomic E-state index is 13.5. The first-order valence-corrected chi connectivity index (χ1v) is 9.50. The zero-order chi connectivity index (χ0) is 15.6. The van der Waals surface area contributed by atoms with Crippen LogP contribution in [0.25, 0.3) is 0 Å². The Morgan fingerprint density at radius 3 is 2.90 bits per heavy atom. The molecule has 0 bridgehead atoms.